The zero-order valence-corrected chi connectivity index (χ0v) is 12.8. The van der Waals surface area contributed by atoms with E-state index < -0.39 is 6.47 Å². The van der Waals surface area contributed by atoms with Gasteiger partial charge >= 0.3 is 19.5 Å². The van der Waals surface area contributed by atoms with E-state index in [0.29, 0.717) is 15.3 Å². The van der Waals surface area contributed by atoms with Crippen molar-refractivity contribution in [3.8, 4) is 0 Å². The largest absolute Gasteiger partial charge is 2.00 e. The molecule has 0 atom stereocenters. The Morgan fingerprint density at radius 3 is 2.15 bits per heavy atom. The Kier molecular flexibility index (Phi) is 21.9. The van der Waals surface area contributed by atoms with Gasteiger partial charge in [-0.25, -0.2) is 0 Å². The predicted octanol–water partition coefficient (Wildman–Crippen LogP) is -1.47. The van der Waals surface area contributed by atoms with Crippen molar-refractivity contribution in [1.82, 2.24) is 10.6 Å². The molecule has 0 radical (unpaired) electrons. The van der Waals surface area contributed by atoms with E-state index in [1.807, 2.05) is 0 Å². The molecule has 0 aromatic carbocycles. The third-order valence-corrected chi connectivity index (χ3v) is 1.06. The van der Waals surface area contributed by atoms with E-state index in [-0.39, 0.29) is 19.5 Å². The minimum atomic E-state index is -0.500. The fourth-order valence-corrected chi connectivity index (χ4v) is 0.488. The number of rotatable bonds is 2. The minimum Gasteiger partial charge on any atom is -0.554 e. The average Bonchev–Trinajstić information content (AvgIpc) is 1.87. The van der Waals surface area contributed by atoms with Crippen LogP contribution in [0.1, 0.15) is 0 Å². The molecule has 0 aliphatic heterocycles. The summed E-state index contributed by atoms with van der Waals surface area (Å²) in [4.78, 5) is 8.25. The molecule has 0 aliphatic carbocycles. The zero-order chi connectivity index (χ0) is 9.98. The molecular formula is C4H6N2O2S4Zn. The number of thiocarbonyl (C=S) groups is 2. The van der Waals surface area contributed by atoms with E-state index in [1.165, 1.54) is 0 Å². The van der Waals surface area contributed by atoms with Crippen LogP contribution in [0.3, 0.4) is 0 Å². The second-order valence-corrected chi connectivity index (χ2v) is 3.45. The third-order valence-electron chi connectivity index (χ3n) is 0.472. The van der Waals surface area contributed by atoms with Crippen molar-refractivity contribution >= 4 is 64.8 Å². The van der Waals surface area contributed by atoms with Crippen LogP contribution in [0.25, 0.3) is 0 Å². The van der Waals surface area contributed by atoms with Crippen LogP contribution in [-0.4, -0.2) is 21.8 Å². The van der Waals surface area contributed by atoms with Gasteiger partial charge in [-0.3, -0.25) is 0 Å². The first kappa shape index (κ1) is 19.1. The Morgan fingerprint density at radius 2 is 1.92 bits per heavy atom. The molecule has 2 N–H and O–H groups in total. The van der Waals surface area contributed by atoms with Crippen LogP contribution < -0.4 is 15.7 Å². The molecule has 13 heavy (non-hydrogen) atoms. The molecule has 0 saturated heterocycles. The standard InChI is InChI=1S/C3H6N2S4.CH2O2.Zn/c6-2(7)4-1-5-3(8)9;2-1-3;/h1H2,(H2,4,6,7)(H2,5,8,9);1H,(H,2,3);/q;;+2/p-2. The Bertz CT molecular complexity index is 154. The molecule has 0 spiro atoms. The summed E-state index contributed by atoms with van der Waals surface area (Å²) in [5.41, 5.74) is 0. The van der Waals surface area contributed by atoms with Gasteiger partial charge in [0.05, 0.1) is 6.67 Å². The minimum absolute atomic E-state index is 0. The second kappa shape index (κ2) is 14.9. The molecule has 0 unspecified atom stereocenters. The average molecular weight is 308 g/mol. The molecular weight excluding hydrogens is 302 g/mol. The fraction of sp³-hybridized carbons (Fsp3) is 0.250. The van der Waals surface area contributed by atoms with Gasteiger partial charge in [0.15, 0.2) is 0 Å². The van der Waals surface area contributed by atoms with Gasteiger partial charge in [-0.05, 0) is 0 Å². The Balaban J connectivity index is -0.000000220. The summed E-state index contributed by atoms with van der Waals surface area (Å²) in [5, 5.41) is 13.6. The predicted molar refractivity (Wildman–Crippen MR) is 58.7 cm³/mol. The van der Waals surface area contributed by atoms with E-state index in [9.17, 15) is 0 Å². The first-order valence-corrected chi connectivity index (χ1v) is 4.19. The molecule has 0 aliphatic rings. The van der Waals surface area contributed by atoms with Crippen LogP contribution in [0.5, 0.6) is 0 Å². The van der Waals surface area contributed by atoms with Crippen LogP contribution in [0, 0.1) is 0 Å². The van der Waals surface area contributed by atoms with E-state index in [0.717, 1.165) is 0 Å². The third kappa shape index (κ3) is 32.7. The molecule has 0 aromatic heterocycles. The van der Waals surface area contributed by atoms with Crippen LogP contribution in [0.2, 0.25) is 0 Å². The van der Waals surface area contributed by atoms with E-state index in [1.54, 1.807) is 0 Å². The summed E-state index contributed by atoms with van der Waals surface area (Å²) in [6, 6.07) is 0. The molecule has 0 heterocycles. The summed E-state index contributed by atoms with van der Waals surface area (Å²) >= 11 is 17.5. The summed E-state index contributed by atoms with van der Waals surface area (Å²) in [6.45, 7) is -0.0509. The summed E-state index contributed by atoms with van der Waals surface area (Å²) in [5.74, 6) is 0. The molecule has 0 rings (SSSR count). The molecule has 4 nitrogen and oxygen atoms in total. The number of hydrogen-bond acceptors (Lipinski definition) is 5. The van der Waals surface area contributed by atoms with Crippen molar-refractivity contribution in [3.63, 3.8) is 0 Å². The van der Waals surface area contributed by atoms with Crippen molar-refractivity contribution in [3.05, 3.63) is 0 Å². The fourth-order valence-electron chi connectivity index (χ4n) is 0.192. The van der Waals surface area contributed by atoms with Crippen LogP contribution in [0.15, 0.2) is 0 Å². The smallest absolute Gasteiger partial charge is 0.554 e. The van der Waals surface area contributed by atoms with E-state index >= 15 is 0 Å². The van der Waals surface area contributed by atoms with Crippen molar-refractivity contribution in [2.45, 2.75) is 0 Å². The summed E-state index contributed by atoms with van der Waals surface area (Å²) in [6.07, 6.45) is 0. The molecule has 9 heteroatoms. The van der Waals surface area contributed by atoms with Crippen molar-refractivity contribution < 1.29 is 29.4 Å². The number of carbonyl (C=O) groups is 1. The van der Waals surface area contributed by atoms with Gasteiger partial charge in [0.25, 0.3) is 0 Å². The van der Waals surface area contributed by atoms with Crippen molar-refractivity contribution in [2.75, 3.05) is 6.67 Å². The van der Waals surface area contributed by atoms with Crippen LogP contribution in [0.4, 0.5) is 0 Å². The van der Waals surface area contributed by atoms with Gasteiger partial charge in [0, 0.05) is 6.47 Å². The van der Waals surface area contributed by atoms with Crippen molar-refractivity contribution in [2.24, 2.45) is 0 Å². The first-order valence-electron chi connectivity index (χ1n) is 2.51. The van der Waals surface area contributed by atoms with E-state index in [4.69, 9.17) is 9.90 Å². The maximum Gasteiger partial charge on any atom is 2.00 e. The molecule has 0 bridgehead atoms. The maximum absolute atomic E-state index is 8.25. The molecule has 0 fully saturated rings. The second-order valence-electron chi connectivity index (χ2n) is 1.22. The van der Waals surface area contributed by atoms with Gasteiger partial charge in [0.2, 0.25) is 0 Å². The maximum atomic E-state index is 8.25. The van der Waals surface area contributed by atoms with E-state index in [2.05, 4.69) is 60.3 Å². The number of carbonyl (C=O) groups excluding carboxylic acids is 1. The molecule has 70 valence electrons. The van der Waals surface area contributed by atoms with Crippen LogP contribution >= 0.6 is 37.1 Å². The Morgan fingerprint density at radius 1 is 1.54 bits per heavy atom. The molecule has 0 aromatic rings. The SMILES string of the molecule is O=C[O-].S=C([S-])NCNC(=S)S.[Zn+2]. The number of thiol groups is 1. The quantitative estimate of drug-likeness (QED) is 0.144. The summed E-state index contributed by atoms with van der Waals surface area (Å²) < 4.78 is 0.751. The van der Waals surface area contributed by atoms with Crippen LogP contribution in [-0.2, 0) is 36.9 Å². The molecule has 0 saturated carbocycles. The number of nitrogens with one attached hydrogen (secondary N) is 2. The van der Waals surface area contributed by atoms with Gasteiger partial charge in [-0.2, -0.15) is 0 Å². The van der Waals surface area contributed by atoms with Gasteiger partial charge in [-0.15, -0.1) is 12.6 Å². The normalized spacial score (nSPS) is 6.54. The Labute approximate surface area is 111 Å². The topological polar surface area (TPSA) is 64.2 Å². The van der Waals surface area contributed by atoms with Crippen molar-refractivity contribution in [1.29, 1.82) is 0 Å². The summed E-state index contributed by atoms with van der Waals surface area (Å²) in [7, 11) is 0. The number of carboxylic acid groups (broad SMARTS) is 1. The monoisotopic (exact) mass is 306 g/mol. The zero-order valence-electron chi connectivity index (χ0n) is 6.48. The first-order chi connectivity index (χ1) is 5.54. The van der Waals surface area contributed by atoms with Gasteiger partial charge in [0.1, 0.15) is 4.32 Å². The molecule has 0 amide bonds. The van der Waals surface area contributed by atoms with Gasteiger partial charge in [-0.1, -0.05) is 16.5 Å². The van der Waals surface area contributed by atoms with Gasteiger partial charge < -0.3 is 45.4 Å². The Hall–Kier alpha value is 0.443. The number of hydrogen-bond donors (Lipinski definition) is 3.